The molecule has 5 nitrogen and oxygen atoms in total. The summed E-state index contributed by atoms with van der Waals surface area (Å²) in [5.74, 6) is 1.98. The van der Waals surface area contributed by atoms with Crippen molar-refractivity contribution in [3.63, 3.8) is 0 Å². The molecule has 4 rings (SSSR count). The molecule has 38 heavy (non-hydrogen) atoms. The Hall–Kier alpha value is -0.809. The minimum absolute atomic E-state index is 0.00118. The molecule has 0 amide bonds. The number of rotatable bonds is 8. The van der Waals surface area contributed by atoms with Crippen molar-refractivity contribution in [1.29, 1.82) is 0 Å². The van der Waals surface area contributed by atoms with Crippen molar-refractivity contribution in [3.05, 3.63) is 23.5 Å². The standard InChI is InChI=1S/C30H52O5Si3/c1-28-16-14-22(34-37(6,7)8)18-21(28)12-13-23-24-15-17-30(35-38(9,10)11,26(32)20-33-36(3,4)5)29(24,2)19-25(31)27(23)28/h14,18,23-24,27H,12-13,15-17,19-20H2,1-11H3/t23?,24?,27?,28-,29-,30-/m0/s1. The molecule has 0 aromatic rings. The zero-order chi connectivity index (χ0) is 28.5. The summed E-state index contributed by atoms with van der Waals surface area (Å²) in [4.78, 5) is 28.4. The molecule has 0 aromatic carbocycles. The lowest BCUT2D eigenvalue weighted by Crippen LogP contribution is -2.63. The molecule has 0 heterocycles. The van der Waals surface area contributed by atoms with Gasteiger partial charge in [0.1, 0.15) is 11.4 Å². The van der Waals surface area contributed by atoms with Crippen LogP contribution >= 0.6 is 0 Å². The second-order valence-corrected chi connectivity index (χ2v) is 29.2. The summed E-state index contributed by atoms with van der Waals surface area (Å²) < 4.78 is 19.4. The van der Waals surface area contributed by atoms with E-state index in [9.17, 15) is 9.59 Å². The zero-order valence-corrected chi connectivity index (χ0v) is 28.9. The van der Waals surface area contributed by atoms with Gasteiger partial charge in [-0.3, -0.25) is 9.59 Å². The van der Waals surface area contributed by atoms with Crippen LogP contribution < -0.4 is 0 Å². The Labute approximate surface area is 234 Å². The lowest BCUT2D eigenvalue weighted by molar-refractivity contribution is -0.166. The topological polar surface area (TPSA) is 61.8 Å². The van der Waals surface area contributed by atoms with Gasteiger partial charge in [0, 0.05) is 23.2 Å². The first-order chi connectivity index (χ1) is 17.2. The van der Waals surface area contributed by atoms with Crippen molar-refractivity contribution < 1.29 is 22.9 Å². The quantitative estimate of drug-likeness (QED) is 0.280. The third-order valence-electron chi connectivity index (χ3n) is 9.58. The van der Waals surface area contributed by atoms with E-state index in [0.717, 1.165) is 31.4 Å². The molecular weight excluding hydrogens is 525 g/mol. The van der Waals surface area contributed by atoms with Crippen LogP contribution in [0.2, 0.25) is 58.9 Å². The average molecular weight is 577 g/mol. The number of carbonyl (C=O) groups is 2. The highest BCUT2D eigenvalue weighted by Crippen LogP contribution is 2.67. The Morgan fingerprint density at radius 3 is 2.21 bits per heavy atom. The van der Waals surface area contributed by atoms with E-state index < -0.39 is 36.0 Å². The molecule has 0 saturated heterocycles. The predicted molar refractivity (Wildman–Crippen MR) is 161 cm³/mol. The Morgan fingerprint density at radius 1 is 0.974 bits per heavy atom. The Kier molecular flexibility index (Phi) is 7.65. The lowest BCUT2D eigenvalue weighted by Gasteiger charge is -2.58. The molecule has 0 radical (unpaired) electrons. The van der Waals surface area contributed by atoms with Crippen LogP contribution in [0.1, 0.15) is 52.4 Å². The van der Waals surface area contributed by atoms with Gasteiger partial charge in [-0.2, -0.15) is 0 Å². The Balaban J connectivity index is 1.67. The van der Waals surface area contributed by atoms with Gasteiger partial charge in [-0.1, -0.05) is 19.4 Å². The van der Waals surface area contributed by atoms with Crippen molar-refractivity contribution >= 4 is 36.5 Å². The number of carbonyl (C=O) groups excluding carboxylic acids is 2. The van der Waals surface area contributed by atoms with Crippen LogP contribution in [0.3, 0.4) is 0 Å². The Bertz CT molecular complexity index is 1050. The summed E-state index contributed by atoms with van der Waals surface area (Å²) in [5.41, 5.74) is -0.193. The minimum Gasteiger partial charge on any atom is -0.545 e. The fourth-order valence-corrected chi connectivity index (χ4v) is 11.1. The van der Waals surface area contributed by atoms with E-state index in [2.05, 4.69) is 84.9 Å². The highest BCUT2D eigenvalue weighted by atomic mass is 28.4. The maximum Gasteiger partial charge on any atom is 0.242 e. The predicted octanol–water partition coefficient (Wildman–Crippen LogP) is 7.48. The molecule has 0 aromatic heterocycles. The lowest BCUT2D eigenvalue weighted by atomic mass is 9.46. The first kappa shape index (κ1) is 30.2. The largest absolute Gasteiger partial charge is 0.545 e. The molecule has 0 bridgehead atoms. The van der Waals surface area contributed by atoms with E-state index in [1.165, 1.54) is 5.57 Å². The van der Waals surface area contributed by atoms with Gasteiger partial charge < -0.3 is 13.3 Å². The minimum atomic E-state index is -2.10. The van der Waals surface area contributed by atoms with Crippen molar-refractivity contribution in [2.75, 3.05) is 6.61 Å². The van der Waals surface area contributed by atoms with E-state index >= 15 is 0 Å². The fourth-order valence-electron chi connectivity index (χ4n) is 8.24. The molecule has 8 heteroatoms. The molecule has 4 aliphatic rings. The normalized spacial score (nSPS) is 37.6. The van der Waals surface area contributed by atoms with Crippen molar-refractivity contribution in [3.8, 4) is 0 Å². The summed E-state index contributed by atoms with van der Waals surface area (Å²) in [7, 11) is -5.67. The van der Waals surface area contributed by atoms with Crippen LogP contribution in [0.4, 0.5) is 0 Å². The fraction of sp³-hybridized carbons (Fsp3) is 0.800. The molecule has 0 N–H and O–H groups in total. The monoisotopic (exact) mass is 576 g/mol. The van der Waals surface area contributed by atoms with E-state index in [1.807, 2.05) is 0 Å². The van der Waals surface area contributed by atoms with Crippen molar-refractivity contribution in [2.45, 2.75) is 117 Å². The van der Waals surface area contributed by atoms with Crippen molar-refractivity contribution in [2.24, 2.45) is 28.6 Å². The maximum absolute atomic E-state index is 14.3. The SMILES string of the molecule is C[C@]12CC=C(O[Si](C)(C)C)C=C1CCC1C2C(=O)C[C@@]2(C)C1CC[C@]2(O[Si](C)(C)C)C(=O)CO[Si](C)(C)C. The smallest absolute Gasteiger partial charge is 0.242 e. The molecule has 6 atom stereocenters. The first-order valence-electron chi connectivity index (χ1n) is 14.7. The van der Waals surface area contributed by atoms with E-state index in [4.69, 9.17) is 13.3 Å². The van der Waals surface area contributed by atoms with E-state index in [-0.39, 0.29) is 29.6 Å². The second kappa shape index (κ2) is 9.64. The average Bonchev–Trinajstić information content (AvgIpc) is 3.01. The second-order valence-electron chi connectivity index (χ2n) is 15.9. The number of hydrogen-bond acceptors (Lipinski definition) is 5. The van der Waals surface area contributed by atoms with Gasteiger partial charge in [-0.15, -0.1) is 0 Å². The van der Waals surface area contributed by atoms with E-state index in [0.29, 0.717) is 24.5 Å². The van der Waals surface area contributed by atoms with Gasteiger partial charge in [0.15, 0.2) is 22.4 Å². The molecule has 3 fully saturated rings. The van der Waals surface area contributed by atoms with Gasteiger partial charge >= 0.3 is 0 Å². The van der Waals surface area contributed by atoms with Crippen molar-refractivity contribution in [1.82, 2.24) is 0 Å². The third-order valence-corrected chi connectivity index (χ3v) is 12.4. The van der Waals surface area contributed by atoms with Crippen LogP contribution in [-0.2, 0) is 22.9 Å². The number of allylic oxidation sites excluding steroid dienone is 3. The molecule has 4 aliphatic carbocycles. The number of hydrogen-bond donors (Lipinski definition) is 0. The maximum atomic E-state index is 14.3. The number of Topliss-reactive ketones (excluding diaryl/α,β-unsaturated/α-hetero) is 2. The summed E-state index contributed by atoms with van der Waals surface area (Å²) in [6, 6.07) is 0. The zero-order valence-electron chi connectivity index (χ0n) is 25.9. The third kappa shape index (κ3) is 5.41. The van der Waals surface area contributed by atoms with Gasteiger partial charge in [-0.05, 0) is 115 Å². The van der Waals surface area contributed by atoms with Gasteiger partial charge in [0.05, 0.1) is 12.4 Å². The summed E-state index contributed by atoms with van der Waals surface area (Å²) in [5, 5.41) is 0. The highest BCUT2D eigenvalue weighted by molar-refractivity contribution is 6.70. The number of ketones is 2. The summed E-state index contributed by atoms with van der Waals surface area (Å²) in [6.07, 6.45) is 9.42. The molecule has 0 aliphatic heterocycles. The van der Waals surface area contributed by atoms with Crippen LogP contribution in [0.15, 0.2) is 23.5 Å². The molecule has 214 valence electrons. The van der Waals surface area contributed by atoms with Crippen LogP contribution in [0.5, 0.6) is 0 Å². The molecular formula is C30H52O5Si3. The number of fused-ring (bicyclic) bond motifs is 5. The van der Waals surface area contributed by atoms with E-state index in [1.54, 1.807) is 0 Å². The highest BCUT2D eigenvalue weighted by Gasteiger charge is 2.69. The van der Waals surface area contributed by atoms with Gasteiger partial charge in [0.25, 0.3) is 0 Å². The van der Waals surface area contributed by atoms with Crippen LogP contribution in [-0.4, -0.2) is 48.7 Å². The van der Waals surface area contributed by atoms with Gasteiger partial charge in [-0.25, -0.2) is 0 Å². The van der Waals surface area contributed by atoms with Crippen LogP contribution in [0, 0.1) is 28.6 Å². The first-order valence-corrected chi connectivity index (χ1v) is 24.9. The Morgan fingerprint density at radius 2 is 1.63 bits per heavy atom. The summed E-state index contributed by atoms with van der Waals surface area (Å²) >= 11 is 0. The summed E-state index contributed by atoms with van der Waals surface area (Å²) in [6.45, 7) is 24.1. The van der Waals surface area contributed by atoms with Crippen LogP contribution in [0.25, 0.3) is 0 Å². The molecule has 3 saturated carbocycles. The van der Waals surface area contributed by atoms with Gasteiger partial charge in [0.2, 0.25) is 8.32 Å². The molecule has 0 spiro atoms. The molecule has 3 unspecified atom stereocenters.